The molecule has 7 nitrogen and oxygen atoms in total. The fraction of sp³-hybridized carbons (Fsp3) is 0.316. The van der Waals surface area contributed by atoms with Crippen molar-refractivity contribution in [3.05, 3.63) is 59.7 Å². The molecule has 0 aromatic heterocycles. The number of rotatable bonds is 6. The Morgan fingerprint density at radius 1 is 1.07 bits per heavy atom. The molecule has 1 aliphatic heterocycles. The largest absolute Gasteiger partial charge is 0.508 e. The summed E-state index contributed by atoms with van der Waals surface area (Å²) < 4.78 is 31.7. The number of ether oxygens (including phenoxy) is 1. The third kappa shape index (κ3) is 4.65. The second-order valence-electron chi connectivity index (χ2n) is 6.18. The topological polar surface area (TPSA) is 95.9 Å². The predicted molar refractivity (Wildman–Crippen MR) is 100 cm³/mol. The lowest BCUT2D eigenvalue weighted by molar-refractivity contribution is 0.0730. The number of hydrogen-bond donors (Lipinski definition) is 2. The zero-order valence-corrected chi connectivity index (χ0v) is 15.6. The molecular weight excluding hydrogens is 368 g/mol. The third-order valence-corrected chi connectivity index (χ3v) is 6.31. The zero-order chi connectivity index (χ0) is 19.3. The van der Waals surface area contributed by atoms with Crippen LogP contribution in [0.3, 0.4) is 0 Å². The van der Waals surface area contributed by atoms with Crippen molar-refractivity contribution in [3.8, 4) is 5.75 Å². The maximum Gasteiger partial charge on any atom is 0.251 e. The van der Waals surface area contributed by atoms with E-state index in [1.165, 1.54) is 28.6 Å². The summed E-state index contributed by atoms with van der Waals surface area (Å²) >= 11 is 0. The molecule has 0 spiro atoms. The summed E-state index contributed by atoms with van der Waals surface area (Å²) in [5, 5.41) is 12.5. The molecule has 1 heterocycles. The number of carbonyl (C=O) groups excluding carboxylic acids is 1. The van der Waals surface area contributed by atoms with Gasteiger partial charge in [-0.2, -0.15) is 4.31 Å². The molecule has 0 saturated carbocycles. The Kier molecular flexibility index (Phi) is 6.10. The standard InChI is InChI=1S/C19H22N2O5S/c22-18-4-2-1-3-15(18)9-10-20-19(23)16-5-7-17(8-6-16)27(24,25)21-11-13-26-14-12-21/h1-8,22H,9-14H2,(H,20,23). The fourth-order valence-electron chi connectivity index (χ4n) is 2.85. The highest BCUT2D eigenvalue weighted by Gasteiger charge is 2.26. The van der Waals surface area contributed by atoms with Crippen LogP contribution in [0.15, 0.2) is 53.4 Å². The van der Waals surface area contributed by atoms with Gasteiger partial charge in [-0.1, -0.05) is 18.2 Å². The SMILES string of the molecule is O=C(NCCc1ccccc1O)c1ccc(S(=O)(=O)N2CCOCC2)cc1. The number of benzene rings is 2. The minimum absolute atomic E-state index is 0.162. The first-order valence-electron chi connectivity index (χ1n) is 8.71. The minimum Gasteiger partial charge on any atom is -0.508 e. The molecule has 0 radical (unpaired) electrons. The van der Waals surface area contributed by atoms with Gasteiger partial charge in [0.15, 0.2) is 0 Å². The number of para-hydroxylation sites is 1. The van der Waals surface area contributed by atoms with Crippen molar-refractivity contribution < 1.29 is 23.1 Å². The van der Waals surface area contributed by atoms with Crippen LogP contribution in [0.1, 0.15) is 15.9 Å². The van der Waals surface area contributed by atoms with Gasteiger partial charge in [-0.15, -0.1) is 0 Å². The zero-order valence-electron chi connectivity index (χ0n) is 14.8. The smallest absolute Gasteiger partial charge is 0.251 e. The van der Waals surface area contributed by atoms with E-state index >= 15 is 0 Å². The highest BCUT2D eigenvalue weighted by Crippen LogP contribution is 2.18. The first-order valence-corrected chi connectivity index (χ1v) is 10.2. The van der Waals surface area contributed by atoms with Crippen molar-refractivity contribution >= 4 is 15.9 Å². The molecule has 2 aromatic carbocycles. The molecule has 1 aliphatic rings. The fourth-order valence-corrected chi connectivity index (χ4v) is 4.26. The van der Waals surface area contributed by atoms with Crippen LogP contribution in [0.5, 0.6) is 5.75 Å². The van der Waals surface area contributed by atoms with Crippen molar-refractivity contribution in [2.75, 3.05) is 32.8 Å². The summed E-state index contributed by atoms with van der Waals surface area (Å²) in [6, 6.07) is 12.9. The predicted octanol–water partition coefficient (Wildman–Crippen LogP) is 1.39. The lowest BCUT2D eigenvalue weighted by atomic mass is 10.1. The quantitative estimate of drug-likeness (QED) is 0.777. The first kappa shape index (κ1) is 19.3. The molecule has 27 heavy (non-hydrogen) atoms. The molecule has 2 N–H and O–H groups in total. The number of phenolic OH excluding ortho intramolecular Hbond substituents is 1. The van der Waals surface area contributed by atoms with Gasteiger partial charge < -0.3 is 15.2 Å². The van der Waals surface area contributed by atoms with Crippen LogP contribution in [-0.2, 0) is 21.2 Å². The number of hydrogen-bond acceptors (Lipinski definition) is 5. The van der Waals surface area contributed by atoms with Gasteiger partial charge in [-0.05, 0) is 42.3 Å². The monoisotopic (exact) mass is 390 g/mol. The Bertz CT molecular complexity index is 891. The van der Waals surface area contributed by atoms with E-state index in [1.54, 1.807) is 18.2 Å². The highest BCUT2D eigenvalue weighted by molar-refractivity contribution is 7.89. The minimum atomic E-state index is -3.57. The molecule has 0 bridgehead atoms. The Morgan fingerprint density at radius 2 is 1.74 bits per heavy atom. The van der Waals surface area contributed by atoms with E-state index in [4.69, 9.17) is 4.74 Å². The lowest BCUT2D eigenvalue weighted by Crippen LogP contribution is -2.40. The summed E-state index contributed by atoms with van der Waals surface area (Å²) in [7, 11) is -3.57. The van der Waals surface area contributed by atoms with Gasteiger partial charge in [0, 0.05) is 25.2 Å². The van der Waals surface area contributed by atoms with Crippen LogP contribution >= 0.6 is 0 Å². The molecular formula is C19H22N2O5S. The van der Waals surface area contributed by atoms with E-state index < -0.39 is 10.0 Å². The van der Waals surface area contributed by atoms with Crippen LogP contribution in [0, 0.1) is 0 Å². The highest BCUT2D eigenvalue weighted by atomic mass is 32.2. The van der Waals surface area contributed by atoms with Gasteiger partial charge in [-0.3, -0.25) is 4.79 Å². The molecule has 8 heteroatoms. The normalized spacial score (nSPS) is 15.4. The number of sulfonamides is 1. The molecule has 0 aliphatic carbocycles. The average molecular weight is 390 g/mol. The molecule has 0 atom stereocenters. The van der Waals surface area contributed by atoms with E-state index in [0.717, 1.165) is 5.56 Å². The van der Waals surface area contributed by atoms with Crippen molar-refractivity contribution in [1.29, 1.82) is 0 Å². The van der Waals surface area contributed by atoms with E-state index in [2.05, 4.69) is 5.32 Å². The molecule has 0 unspecified atom stereocenters. The molecule has 1 fully saturated rings. The van der Waals surface area contributed by atoms with Gasteiger partial charge in [0.2, 0.25) is 10.0 Å². The second-order valence-corrected chi connectivity index (χ2v) is 8.11. The Hall–Kier alpha value is -2.42. The van der Waals surface area contributed by atoms with E-state index in [9.17, 15) is 18.3 Å². The number of carbonyl (C=O) groups is 1. The maximum absolute atomic E-state index is 12.6. The lowest BCUT2D eigenvalue weighted by Gasteiger charge is -2.26. The number of amides is 1. The molecule has 1 amide bonds. The van der Waals surface area contributed by atoms with Crippen LogP contribution in [0.25, 0.3) is 0 Å². The van der Waals surface area contributed by atoms with E-state index in [0.29, 0.717) is 44.8 Å². The Morgan fingerprint density at radius 3 is 2.41 bits per heavy atom. The third-order valence-electron chi connectivity index (χ3n) is 4.40. The van der Waals surface area contributed by atoms with E-state index in [1.807, 2.05) is 6.07 Å². The van der Waals surface area contributed by atoms with Crippen molar-refractivity contribution in [2.45, 2.75) is 11.3 Å². The van der Waals surface area contributed by atoms with Gasteiger partial charge in [0.05, 0.1) is 18.1 Å². The Balaban J connectivity index is 1.59. The summed E-state index contributed by atoms with van der Waals surface area (Å²) in [4.78, 5) is 12.4. The number of nitrogens with one attached hydrogen (secondary N) is 1. The first-order chi connectivity index (χ1) is 13.0. The number of morpholine rings is 1. The Labute approximate surface area is 158 Å². The average Bonchev–Trinajstić information content (AvgIpc) is 2.70. The van der Waals surface area contributed by atoms with Crippen molar-refractivity contribution in [2.24, 2.45) is 0 Å². The van der Waals surface area contributed by atoms with Crippen LogP contribution < -0.4 is 5.32 Å². The number of aromatic hydroxyl groups is 1. The van der Waals surface area contributed by atoms with Gasteiger partial charge in [0.25, 0.3) is 5.91 Å². The number of phenols is 1. The van der Waals surface area contributed by atoms with Gasteiger partial charge in [-0.25, -0.2) is 8.42 Å². The summed E-state index contributed by atoms with van der Waals surface area (Å²) in [6.45, 7) is 1.80. The summed E-state index contributed by atoms with van der Waals surface area (Å²) in [6.07, 6.45) is 0.502. The van der Waals surface area contributed by atoms with Gasteiger partial charge in [0.1, 0.15) is 5.75 Å². The summed E-state index contributed by atoms with van der Waals surface area (Å²) in [5.74, 6) is -0.0924. The van der Waals surface area contributed by atoms with Crippen molar-refractivity contribution in [3.63, 3.8) is 0 Å². The van der Waals surface area contributed by atoms with Crippen LogP contribution in [0.2, 0.25) is 0 Å². The maximum atomic E-state index is 12.6. The molecule has 2 aromatic rings. The molecule has 3 rings (SSSR count). The second kappa shape index (κ2) is 8.51. The molecule has 144 valence electrons. The van der Waals surface area contributed by atoms with Crippen LogP contribution in [-0.4, -0.2) is 56.6 Å². The molecule has 1 saturated heterocycles. The van der Waals surface area contributed by atoms with Crippen LogP contribution in [0.4, 0.5) is 0 Å². The van der Waals surface area contributed by atoms with E-state index in [-0.39, 0.29) is 16.6 Å². The van der Waals surface area contributed by atoms with Gasteiger partial charge >= 0.3 is 0 Å². The van der Waals surface area contributed by atoms with Crippen molar-refractivity contribution in [1.82, 2.24) is 9.62 Å². The number of nitrogens with zero attached hydrogens (tertiary/aromatic N) is 1. The summed E-state index contributed by atoms with van der Waals surface area (Å²) in [5.41, 5.74) is 1.14.